The quantitative estimate of drug-likeness (QED) is 0.0261. The van der Waals surface area contributed by atoms with Crippen LogP contribution in [0.1, 0.15) is 174 Å². The lowest BCUT2D eigenvalue weighted by Gasteiger charge is -2.26. The molecule has 0 aliphatic carbocycles. The molecule has 0 radical (unpaired) electrons. The maximum atomic E-state index is 12.7. The Morgan fingerprint density at radius 1 is 0.453 bits per heavy atom. The summed E-state index contributed by atoms with van der Waals surface area (Å²) in [6.07, 6.45) is 19.0. The lowest BCUT2D eigenvalue weighted by molar-refractivity contribution is -0.174. The van der Waals surface area contributed by atoms with Crippen molar-refractivity contribution in [2.45, 2.75) is 180 Å². The van der Waals surface area contributed by atoms with Gasteiger partial charge < -0.3 is 28.6 Å². The van der Waals surface area contributed by atoms with Crippen LogP contribution in [-0.2, 0) is 52.5 Å². The lowest BCUT2D eigenvalue weighted by atomic mass is 9.96. The number of nitrogens with zero attached hydrogens (tertiary/aromatic N) is 1. The van der Waals surface area contributed by atoms with Crippen LogP contribution in [0.15, 0.2) is 0 Å². The Labute approximate surface area is 320 Å². The van der Waals surface area contributed by atoms with Crippen LogP contribution >= 0.6 is 0 Å². The first-order chi connectivity index (χ1) is 25.6. The SMILES string of the molecule is CCCCCCCCC(=O)OCCCCCCOC(=O)CC(C=O)(CC(=O)OCCCCCCOC(=O)CCCCCCCC)OC(=O)CCN(C)C. The highest BCUT2D eigenvalue weighted by molar-refractivity contribution is 5.86. The lowest BCUT2D eigenvalue weighted by Crippen LogP contribution is -2.42. The fourth-order valence-corrected chi connectivity index (χ4v) is 5.53. The summed E-state index contributed by atoms with van der Waals surface area (Å²) in [5, 5.41) is 0. The van der Waals surface area contributed by atoms with Crippen molar-refractivity contribution in [3.8, 4) is 0 Å². The molecule has 0 saturated heterocycles. The summed E-state index contributed by atoms with van der Waals surface area (Å²) in [7, 11) is 3.56. The van der Waals surface area contributed by atoms with Crippen LogP contribution in [0.3, 0.4) is 0 Å². The fourth-order valence-electron chi connectivity index (χ4n) is 5.53. The molecule has 0 saturated carbocycles. The van der Waals surface area contributed by atoms with Crippen molar-refractivity contribution in [3.05, 3.63) is 0 Å². The number of ether oxygens (including phenoxy) is 5. The summed E-state index contributed by atoms with van der Waals surface area (Å²) in [5.41, 5.74) is -2.03. The third-order valence-electron chi connectivity index (χ3n) is 8.78. The monoisotopic (exact) mass is 756 g/mol. The fraction of sp³-hybridized carbons (Fsp3) is 0.854. The van der Waals surface area contributed by atoms with Gasteiger partial charge in [0, 0.05) is 19.4 Å². The maximum absolute atomic E-state index is 12.7. The van der Waals surface area contributed by atoms with Crippen LogP contribution in [0.5, 0.6) is 0 Å². The number of esters is 5. The van der Waals surface area contributed by atoms with E-state index in [1.807, 2.05) is 0 Å². The van der Waals surface area contributed by atoms with Crippen LogP contribution in [0.4, 0.5) is 0 Å². The predicted molar refractivity (Wildman–Crippen MR) is 204 cm³/mol. The van der Waals surface area contributed by atoms with Crippen molar-refractivity contribution in [3.63, 3.8) is 0 Å². The summed E-state index contributed by atoms with van der Waals surface area (Å²) in [6.45, 7) is 5.64. The van der Waals surface area contributed by atoms with Crippen molar-refractivity contribution in [2.75, 3.05) is 47.1 Å². The van der Waals surface area contributed by atoms with Gasteiger partial charge in [-0.15, -0.1) is 0 Å². The molecule has 0 fully saturated rings. The predicted octanol–water partition coefficient (Wildman–Crippen LogP) is 7.99. The van der Waals surface area contributed by atoms with E-state index in [4.69, 9.17) is 23.7 Å². The zero-order valence-corrected chi connectivity index (χ0v) is 33.7. The number of unbranched alkanes of at least 4 members (excludes halogenated alkanes) is 16. The van der Waals surface area contributed by atoms with E-state index >= 15 is 0 Å². The zero-order chi connectivity index (χ0) is 39.4. The molecule has 53 heavy (non-hydrogen) atoms. The molecule has 0 bridgehead atoms. The molecule has 0 aromatic carbocycles. The summed E-state index contributed by atoms with van der Waals surface area (Å²) >= 11 is 0. The first kappa shape index (κ1) is 50.0. The number of carbonyl (C=O) groups excluding carboxylic acids is 6. The molecule has 12 heteroatoms. The van der Waals surface area contributed by atoms with E-state index in [0.29, 0.717) is 64.6 Å². The Morgan fingerprint density at radius 2 is 0.792 bits per heavy atom. The molecule has 0 aliphatic heterocycles. The minimum absolute atomic E-state index is 0.0323. The van der Waals surface area contributed by atoms with Crippen molar-refractivity contribution >= 4 is 36.1 Å². The van der Waals surface area contributed by atoms with Gasteiger partial charge in [0.1, 0.15) is 0 Å². The molecule has 0 unspecified atom stereocenters. The second-order valence-corrected chi connectivity index (χ2v) is 14.3. The molecule has 0 heterocycles. The highest BCUT2D eigenvalue weighted by Crippen LogP contribution is 2.22. The number of carbonyl (C=O) groups is 6. The van der Waals surface area contributed by atoms with E-state index < -0.39 is 36.4 Å². The van der Waals surface area contributed by atoms with Gasteiger partial charge in [-0.2, -0.15) is 0 Å². The van der Waals surface area contributed by atoms with Gasteiger partial charge in [-0.05, 0) is 78.3 Å². The molecule has 0 aliphatic rings. The second-order valence-electron chi connectivity index (χ2n) is 14.3. The largest absolute Gasteiger partial charge is 0.466 e. The number of hydrogen-bond donors (Lipinski definition) is 0. The smallest absolute Gasteiger partial charge is 0.310 e. The molecular formula is C41H73NO11. The number of aldehydes is 1. The summed E-state index contributed by atoms with van der Waals surface area (Å²) in [4.78, 5) is 75.8. The van der Waals surface area contributed by atoms with Crippen molar-refractivity contribution in [1.29, 1.82) is 0 Å². The Kier molecular flexibility index (Phi) is 32.8. The van der Waals surface area contributed by atoms with E-state index in [9.17, 15) is 28.8 Å². The minimum Gasteiger partial charge on any atom is -0.466 e. The Bertz CT molecular complexity index is 927. The molecule has 12 nitrogen and oxygen atoms in total. The topological polar surface area (TPSA) is 152 Å². The number of rotatable bonds is 37. The zero-order valence-electron chi connectivity index (χ0n) is 33.7. The molecule has 0 amide bonds. The van der Waals surface area contributed by atoms with Gasteiger partial charge in [0.15, 0.2) is 11.9 Å². The average molecular weight is 756 g/mol. The van der Waals surface area contributed by atoms with Gasteiger partial charge in [-0.1, -0.05) is 78.1 Å². The van der Waals surface area contributed by atoms with E-state index in [0.717, 1.165) is 64.2 Å². The summed E-state index contributed by atoms with van der Waals surface area (Å²) in [5.74, 6) is -2.57. The molecule has 0 N–H and O–H groups in total. The average Bonchev–Trinajstić information content (AvgIpc) is 3.12. The van der Waals surface area contributed by atoms with E-state index in [1.165, 1.54) is 38.5 Å². The minimum atomic E-state index is -2.03. The second kappa shape index (κ2) is 34.7. The Balaban J connectivity index is 4.45. The van der Waals surface area contributed by atoms with Gasteiger partial charge in [-0.3, -0.25) is 28.8 Å². The molecule has 0 rings (SSSR count). The Morgan fingerprint density at radius 3 is 1.15 bits per heavy atom. The van der Waals surface area contributed by atoms with Crippen LogP contribution in [0, 0.1) is 0 Å². The molecular weight excluding hydrogens is 682 g/mol. The van der Waals surface area contributed by atoms with Crippen LogP contribution in [0.25, 0.3) is 0 Å². The molecule has 308 valence electrons. The van der Waals surface area contributed by atoms with Gasteiger partial charge in [0.05, 0.1) is 45.7 Å². The van der Waals surface area contributed by atoms with Crippen LogP contribution < -0.4 is 0 Å². The summed E-state index contributed by atoms with van der Waals surface area (Å²) < 4.78 is 26.7. The van der Waals surface area contributed by atoms with Gasteiger partial charge in [0.25, 0.3) is 0 Å². The van der Waals surface area contributed by atoms with E-state index in [-0.39, 0.29) is 31.6 Å². The van der Waals surface area contributed by atoms with Gasteiger partial charge in [0.2, 0.25) is 0 Å². The first-order valence-corrected chi connectivity index (χ1v) is 20.5. The standard InChI is InChI=1S/C41H73NO11/c1-5-7-9-11-13-19-25-36(44)49-29-21-15-17-23-31-51-39(47)33-41(35-43,53-38(46)27-28-42(3)4)34-40(48)52-32-24-18-16-22-30-50-37(45)26-20-14-12-10-8-6-2/h35H,5-34H2,1-4H3. The van der Waals surface area contributed by atoms with Crippen molar-refractivity contribution < 1.29 is 52.5 Å². The van der Waals surface area contributed by atoms with Crippen LogP contribution in [-0.4, -0.2) is 93.7 Å². The highest BCUT2D eigenvalue weighted by atomic mass is 16.6. The normalized spacial score (nSPS) is 11.3. The van der Waals surface area contributed by atoms with Crippen molar-refractivity contribution in [2.24, 2.45) is 0 Å². The molecule has 0 aromatic heterocycles. The Hall–Kier alpha value is -3.02. The van der Waals surface area contributed by atoms with E-state index in [1.54, 1.807) is 19.0 Å². The molecule has 0 aromatic rings. The van der Waals surface area contributed by atoms with Gasteiger partial charge in [-0.25, -0.2) is 0 Å². The maximum Gasteiger partial charge on any atom is 0.310 e. The highest BCUT2D eigenvalue weighted by Gasteiger charge is 2.40. The molecule has 0 spiro atoms. The molecule has 0 atom stereocenters. The summed E-state index contributed by atoms with van der Waals surface area (Å²) in [6, 6.07) is 0. The third kappa shape index (κ3) is 32.2. The van der Waals surface area contributed by atoms with Crippen LogP contribution in [0.2, 0.25) is 0 Å². The van der Waals surface area contributed by atoms with E-state index in [2.05, 4.69) is 13.8 Å². The van der Waals surface area contributed by atoms with Crippen molar-refractivity contribution in [1.82, 2.24) is 4.90 Å². The number of hydrogen-bond acceptors (Lipinski definition) is 12. The van der Waals surface area contributed by atoms with Gasteiger partial charge >= 0.3 is 29.8 Å². The first-order valence-electron chi connectivity index (χ1n) is 20.5. The third-order valence-corrected chi connectivity index (χ3v) is 8.78.